The summed E-state index contributed by atoms with van der Waals surface area (Å²) in [5, 5.41) is 10.6. The van der Waals surface area contributed by atoms with Gasteiger partial charge in [0.05, 0.1) is 11.2 Å². The fraction of sp³-hybridized carbons (Fsp3) is 0.120. The fourth-order valence-electron chi connectivity index (χ4n) is 3.87. The molecule has 30 heavy (non-hydrogen) atoms. The Kier molecular flexibility index (Phi) is 4.89. The van der Waals surface area contributed by atoms with Crippen LogP contribution in [0.1, 0.15) is 6.92 Å². The summed E-state index contributed by atoms with van der Waals surface area (Å²) < 4.78 is 2.29. The lowest BCUT2D eigenvalue weighted by molar-refractivity contribution is 0.436. The van der Waals surface area contributed by atoms with Crippen LogP contribution >= 0.6 is 11.8 Å². The molecular weight excluding hydrogens is 388 g/mol. The number of hydrogen-bond donors (Lipinski definition) is 0. The van der Waals surface area contributed by atoms with Gasteiger partial charge in [0.25, 0.3) is 0 Å². The number of allylic oxidation sites excluding steroid dienone is 1. The molecular formula is C25H22N4S. The molecule has 1 unspecified atom stereocenters. The van der Waals surface area contributed by atoms with E-state index >= 15 is 0 Å². The Labute approximate surface area is 180 Å². The zero-order chi connectivity index (χ0) is 20.5. The first-order valence-electron chi connectivity index (χ1n) is 9.94. The van der Waals surface area contributed by atoms with Crippen molar-refractivity contribution < 1.29 is 0 Å². The molecule has 2 heterocycles. The number of fused-ring (bicyclic) bond motifs is 1. The van der Waals surface area contributed by atoms with E-state index in [4.69, 9.17) is 10.2 Å². The molecule has 5 heteroatoms. The maximum atomic E-state index is 4.83. The van der Waals surface area contributed by atoms with Crippen LogP contribution in [0.4, 0.5) is 5.69 Å². The van der Waals surface area contributed by atoms with Crippen molar-refractivity contribution in [3.05, 3.63) is 96.0 Å². The Hall–Kier alpha value is -3.31. The third kappa shape index (κ3) is 3.31. The van der Waals surface area contributed by atoms with Crippen molar-refractivity contribution in [2.45, 2.75) is 12.4 Å². The molecule has 1 atom stereocenters. The molecule has 4 aromatic rings. The second-order valence-electron chi connectivity index (χ2n) is 7.32. The van der Waals surface area contributed by atoms with Gasteiger partial charge in [-0.1, -0.05) is 78.5 Å². The molecule has 0 saturated carbocycles. The van der Waals surface area contributed by atoms with Crippen molar-refractivity contribution in [2.75, 3.05) is 7.05 Å². The second kappa shape index (κ2) is 7.84. The lowest BCUT2D eigenvalue weighted by Gasteiger charge is -2.14. The van der Waals surface area contributed by atoms with Gasteiger partial charge >= 0.3 is 0 Å². The normalized spacial score (nSPS) is 16.5. The highest BCUT2D eigenvalue weighted by molar-refractivity contribution is 8.03. The molecule has 0 aliphatic carbocycles. The Morgan fingerprint density at radius 3 is 2.20 bits per heavy atom. The van der Waals surface area contributed by atoms with Crippen molar-refractivity contribution >= 4 is 28.4 Å². The molecule has 0 radical (unpaired) electrons. The summed E-state index contributed by atoms with van der Waals surface area (Å²) in [4.78, 5) is 3.35. The van der Waals surface area contributed by atoms with E-state index in [-0.39, 0.29) is 5.50 Å². The molecule has 0 saturated heterocycles. The maximum absolute atomic E-state index is 4.83. The summed E-state index contributed by atoms with van der Waals surface area (Å²) >= 11 is 1.72. The van der Waals surface area contributed by atoms with Gasteiger partial charge in [0.2, 0.25) is 0 Å². The smallest absolute Gasteiger partial charge is 0.193 e. The van der Waals surface area contributed by atoms with E-state index < -0.39 is 0 Å². The van der Waals surface area contributed by atoms with Crippen LogP contribution in [-0.2, 0) is 0 Å². The van der Waals surface area contributed by atoms with Gasteiger partial charge < -0.3 is 9.47 Å². The van der Waals surface area contributed by atoms with Gasteiger partial charge in [-0.05, 0) is 25.1 Å². The van der Waals surface area contributed by atoms with Crippen molar-refractivity contribution in [1.82, 2.24) is 9.47 Å². The van der Waals surface area contributed by atoms with Crippen LogP contribution < -0.4 is 0 Å². The predicted octanol–water partition coefficient (Wildman–Crippen LogP) is 7.20. The first kappa shape index (κ1) is 18.7. The van der Waals surface area contributed by atoms with Crippen molar-refractivity contribution in [2.24, 2.45) is 10.2 Å². The van der Waals surface area contributed by atoms with E-state index in [1.807, 2.05) is 19.2 Å². The minimum Gasteiger partial charge on any atom is -0.348 e. The predicted molar refractivity (Wildman–Crippen MR) is 126 cm³/mol. The number of rotatable bonds is 4. The third-order valence-corrected chi connectivity index (χ3v) is 6.31. The summed E-state index contributed by atoms with van der Waals surface area (Å²) in [6.07, 6.45) is 2.11. The first-order valence-corrected chi connectivity index (χ1v) is 10.8. The van der Waals surface area contributed by atoms with Crippen LogP contribution in [0.2, 0.25) is 0 Å². The van der Waals surface area contributed by atoms with Crippen LogP contribution in [0.15, 0.2) is 106 Å². The molecule has 0 bridgehead atoms. The molecule has 4 nitrogen and oxygen atoms in total. The van der Waals surface area contributed by atoms with E-state index in [1.165, 1.54) is 4.91 Å². The number of hydrogen-bond acceptors (Lipinski definition) is 4. The van der Waals surface area contributed by atoms with Gasteiger partial charge in [0, 0.05) is 34.8 Å². The molecule has 1 aliphatic rings. The third-order valence-electron chi connectivity index (χ3n) is 5.19. The quantitative estimate of drug-likeness (QED) is 0.333. The summed E-state index contributed by atoms with van der Waals surface area (Å²) in [6.45, 7) is 2.10. The summed E-state index contributed by atoms with van der Waals surface area (Å²) in [5.41, 5.74) is 5.28. The van der Waals surface area contributed by atoms with Gasteiger partial charge in [-0.25, -0.2) is 0 Å². The zero-order valence-electron chi connectivity index (χ0n) is 16.9. The highest BCUT2D eigenvalue weighted by Gasteiger charge is 2.22. The van der Waals surface area contributed by atoms with E-state index in [9.17, 15) is 0 Å². The van der Waals surface area contributed by atoms with Gasteiger partial charge in [-0.3, -0.25) is 0 Å². The molecule has 148 valence electrons. The number of benzene rings is 3. The zero-order valence-corrected chi connectivity index (χ0v) is 17.8. The fourth-order valence-corrected chi connectivity index (χ4v) is 4.75. The minimum absolute atomic E-state index is 0.0348. The lowest BCUT2D eigenvalue weighted by Crippen LogP contribution is -2.16. The van der Waals surface area contributed by atoms with Gasteiger partial charge in [0.15, 0.2) is 5.50 Å². The van der Waals surface area contributed by atoms with Gasteiger partial charge in [-0.15, -0.1) is 0 Å². The largest absolute Gasteiger partial charge is 0.348 e. The molecule has 0 N–H and O–H groups in total. The second-order valence-corrected chi connectivity index (χ2v) is 8.62. The van der Waals surface area contributed by atoms with Crippen molar-refractivity contribution in [1.29, 1.82) is 0 Å². The highest BCUT2D eigenvalue weighted by Crippen LogP contribution is 2.43. The van der Waals surface area contributed by atoms with Crippen LogP contribution in [0, 0.1) is 0 Å². The van der Waals surface area contributed by atoms with Crippen LogP contribution in [0.25, 0.3) is 27.8 Å². The number of thioether (sulfide) groups is 1. The van der Waals surface area contributed by atoms with Crippen molar-refractivity contribution in [3.63, 3.8) is 0 Å². The average Bonchev–Trinajstić information content (AvgIpc) is 3.29. The van der Waals surface area contributed by atoms with Crippen molar-refractivity contribution in [3.8, 4) is 16.9 Å². The molecule has 0 amide bonds. The summed E-state index contributed by atoms with van der Waals surface area (Å²) in [7, 11) is 2.04. The Morgan fingerprint density at radius 1 is 0.833 bits per heavy atom. The monoisotopic (exact) mass is 410 g/mol. The van der Waals surface area contributed by atoms with Crippen LogP contribution in [0.5, 0.6) is 0 Å². The summed E-state index contributed by atoms with van der Waals surface area (Å²) in [5.74, 6) is 0. The summed E-state index contributed by atoms with van der Waals surface area (Å²) in [6, 6.07) is 29.3. The Morgan fingerprint density at radius 2 is 1.50 bits per heavy atom. The average molecular weight is 411 g/mol. The standard InChI is InChI=1S/C25H22N4S/c1-18-17-28(2)25(30-18)27-26-23-21-15-9-10-16-22(21)29(20-13-7-4-8-14-20)24(23)19-11-5-3-6-12-19/h3-17,25H,1-2H3. The molecule has 0 fully saturated rings. The molecule has 1 aromatic heterocycles. The molecule has 3 aromatic carbocycles. The number of aromatic nitrogens is 1. The number of azo groups is 1. The lowest BCUT2D eigenvalue weighted by atomic mass is 10.1. The molecule has 5 rings (SSSR count). The number of nitrogens with zero attached hydrogens (tertiary/aromatic N) is 4. The Balaban J connectivity index is 1.76. The highest BCUT2D eigenvalue weighted by atomic mass is 32.2. The first-order chi connectivity index (χ1) is 14.7. The maximum Gasteiger partial charge on any atom is 0.193 e. The number of para-hydroxylation sites is 2. The van der Waals surface area contributed by atoms with Crippen LogP contribution in [0.3, 0.4) is 0 Å². The SMILES string of the molecule is CC1=CN(C)C(N=Nc2c(-c3ccccc3)n(-c3ccccc3)c3ccccc23)S1. The topological polar surface area (TPSA) is 32.9 Å². The minimum atomic E-state index is -0.0348. The van der Waals surface area contributed by atoms with E-state index in [0.29, 0.717) is 0 Å². The van der Waals surface area contributed by atoms with Crippen LogP contribution in [-0.4, -0.2) is 22.0 Å². The van der Waals surface area contributed by atoms with Gasteiger partial charge in [-0.2, -0.15) is 10.2 Å². The molecule has 0 spiro atoms. The molecule has 1 aliphatic heterocycles. The Bertz CT molecular complexity index is 1240. The van der Waals surface area contributed by atoms with E-state index in [1.54, 1.807) is 11.8 Å². The van der Waals surface area contributed by atoms with Gasteiger partial charge in [0.1, 0.15) is 5.69 Å². The van der Waals surface area contributed by atoms with E-state index in [2.05, 4.69) is 95.4 Å². The van der Waals surface area contributed by atoms with E-state index in [0.717, 1.165) is 33.5 Å².